The first kappa shape index (κ1) is 14.3. The third-order valence-electron chi connectivity index (χ3n) is 2.83. The van der Waals surface area contributed by atoms with Crippen LogP contribution in [0, 0.1) is 0 Å². The molecule has 1 aromatic carbocycles. The lowest BCUT2D eigenvalue weighted by Crippen LogP contribution is -1.93. The first-order valence-corrected chi connectivity index (χ1v) is 8.68. The highest BCUT2D eigenvalue weighted by molar-refractivity contribution is 9.13. The fraction of sp³-hybridized carbons (Fsp3) is 0.0714. The molecule has 0 saturated carbocycles. The van der Waals surface area contributed by atoms with Gasteiger partial charge in [0.1, 0.15) is 0 Å². The molecule has 102 valence electrons. The summed E-state index contributed by atoms with van der Waals surface area (Å²) < 4.78 is 3.91. The van der Waals surface area contributed by atoms with Crippen LogP contribution >= 0.6 is 54.8 Å². The van der Waals surface area contributed by atoms with Gasteiger partial charge in [0.15, 0.2) is 0 Å². The van der Waals surface area contributed by atoms with E-state index in [9.17, 15) is 0 Å². The lowest BCUT2D eigenvalue weighted by molar-refractivity contribution is 0.880. The van der Waals surface area contributed by atoms with Gasteiger partial charge in [-0.2, -0.15) is 5.10 Å². The highest BCUT2D eigenvalue weighted by Crippen LogP contribution is 2.40. The summed E-state index contributed by atoms with van der Waals surface area (Å²) in [6.45, 7) is 0. The molecular formula is C14H9Br2ClN2S. The lowest BCUT2D eigenvalue weighted by Gasteiger charge is -2.03. The molecular weight excluding hydrogens is 423 g/mol. The summed E-state index contributed by atoms with van der Waals surface area (Å²) in [5.74, 6) is 0. The molecule has 0 aliphatic carbocycles. The Bertz CT molecular complexity index is 704. The molecule has 2 aromatic heterocycles. The van der Waals surface area contributed by atoms with Crippen molar-refractivity contribution in [1.82, 2.24) is 9.78 Å². The van der Waals surface area contributed by atoms with Crippen LogP contribution in [-0.4, -0.2) is 9.78 Å². The van der Waals surface area contributed by atoms with Crippen LogP contribution < -0.4 is 0 Å². The summed E-state index contributed by atoms with van der Waals surface area (Å²) in [6.07, 6.45) is 3.78. The maximum absolute atomic E-state index is 6.53. The third kappa shape index (κ3) is 2.86. The molecule has 2 heterocycles. The van der Waals surface area contributed by atoms with Crippen molar-refractivity contribution in [3.63, 3.8) is 0 Å². The molecule has 0 bridgehead atoms. The number of hydrogen-bond donors (Lipinski definition) is 0. The zero-order valence-electron chi connectivity index (χ0n) is 10.1. The SMILES string of the molecule is ClC(c1cnn(-c2ccccc2)c1)c1cc(Br)c(Br)s1. The van der Waals surface area contributed by atoms with Crippen LogP contribution in [0.1, 0.15) is 15.8 Å². The van der Waals surface area contributed by atoms with Gasteiger partial charge in [-0.05, 0) is 50.1 Å². The second-order valence-corrected chi connectivity index (χ2v) is 7.88. The average molecular weight is 433 g/mol. The average Bonchev–Trinajstić information content (AvgIpc) is 3.07. The normalized spacial score (nSPS) is 12.6. The Kier molecular flexibility index (Phi) is 4.31. The predicted molar refractivity (Wildman–Crippen MR) is 91.0 cm³/mol. The van der Waals surface area contributed by atoms with E-state index in [4.69, 9.17) is 11.6 Å². The summed E-state index contributed by atoms with van der Waals surface area (Å²) in [5, 5.41) is 4.18. The molecule has 3 aromatic rings. The van der Waals surface area contributed by atoms with Crippen molar-refractivity contribution >= 4 is 54.8 Å². The number of hydrogen-bond acceptors (Lipinski definition) is 2. The van der Waals surface area contributed by atoms with Gasteiger partial charge in [-0.3, -0.25) is 0 Å². The molecule has 0 fully saturated rings. The molecule has 1 atom stereocenters. The van der Waals surface area contributed by atoms with E-state index in [0.29, 0.717) is 0 Å². The molecule has 0 aliphatic heterocycles. The van der Waals surface area contributed by atoms with Gasteiger partial charge in [0, 0.05) is 21.1 Å². The van der Waals surface area contributed by atoms with Crippen molar-refractivity contribution in [3.8, 4) is 5.69 Å². The molecule has 0 spiro atoms. The number of nitrogens with zero attached hydrogens (tertiary/aromatic N) is 2. The quantitative estimate of drug-likeness (QED) is 0.479. The van der Waals surface area contributed by atoms with Gasteiger partial charge < -0.3 is 0 Å². The fourth-order valence-corrected chi connectivity index (χ4v) is 4.25. The van der Waals surface area contributed by atoms with E-state index in [1.807, 2.05) is 53.5 Å². The predicted octanol–water partition coefficient (Wildman–Crippen LogP) is 5.79. The number of halogens is 3. The van der Waals surface area contributed by atoms with Crippen LogP contribution in [0.15, 0.2) is 57.1 Å². The van der Waals surface area contributed by atoms with Gasteiger partial charge in [-0.1, -0.05) is 18.2 Å². The third-order valence-corrected chi connectivity index (χ3v) is 6.77. The van der Waals surface area contributed by atoms with Crippen LogP contribution in [0.2, 0.25) is 0 Å². The van der Waals surface area contributed by atoms with E-state index in [-0.39, 0.29) is 5.38 Å². The van der Waals surface area contributed by atoms with Crippen LogP contribution in [0.4, 0.5) is 0 Å². The van der Waals surface area contributed by atoms with Crippen LogP contribution in [-0.2, 0) is 0 Å². The summed E-state index contributed by atoms with van der Waals surface area (Å²) in [6, 6.07) is 12.0. The van der Waals surface area contributed by atoms with Crippen LogP contribution in [0.3, 0.4) is 0 Å². The van der Waals surface area contributed by atoms with Crippen LogP contribution in [0.5, 0.6) is 0 Å². The molecule has 0 radical (unpaired) electrons. The molecule has 2 nitrogen and oxygen atoms in total. The standard InChI is InChI=1S/C14H9Br2ClN2S/c15-11-6-12(20-14(11)16)13(17)9-7-18-19(8-9)10-4-2-1-3-5-10/h1-8,13H. The number of aromatic nitrogens is 2. The highest BCUT2D eigenvalue weighted by atomic mass is 79.9. The molecule has 0 N–H and O–H groups in total. The smallest absolute Gasteiger partial charge is 0.0958 e. The van der Waals surface area contributed by atoms with Gasteiger partial charge in [0.25, 0.3) is 0 Å². The second-order valence-electron chi connectivity index (χ2n) is 4.19. The van der Waals surface area contributed by atoms with Crippen molar-refractivity contribution in [1.29, 1.82) is 0 Å². The minimum Gasteiger partial charge on any atom is -0.241 e. The number of para-hydroxylation sites is 1. The summed E-state index contributed by atoms with van der Waals surface area (Å²) >= 11 is 15.1. The zero-order chi connectivity index (χ0) is 14.1. The van der Waals surface area contributed by atoms with Crippen molar-refractivity contribution in [3.05, 3.63) is 67.5 Å². The van der Waals surface area contributed by atoms with Crippen molar-refractivity contribution < 1.29 is 0 Å². The van der Waals surface area contributed by atoms with E-state index in [1.54, 1.807) is 11.3 Å². The Balaban J connectivity index is 1.90. The van der Waals surface area contributed by atoms with Gasteiger partial charge in [-0.15, -0.1) is 22.9 Å². The maximum Gasteiger partial charge on any atom is 0.0958 e. The molecule has 0 aliphatic rings. The highest BCUT2D eigenvalue weighted by Gasteiger charge is 2.17. The van der Waals surface area contributed by atoms with E-state index in [2.05, 4.69) is 37.0 Å². The van der Waals surface area contributed by atoms with E-state index >= 15 is 0 Å². The largest absolute Gasteiger partial charge is 0.241 e. The Morgan fingerprint density at radius 2 is 1.95 bits per heavy atom. The minimum atomic E-state index is -0.194. The number of rotatable bonds is 3. The molecule has 0 amide bonds. The number of alkyl halides is 1. The van der Waals surface area contributed by atoms with E-state index in [0.717, 1.165) is 24.4 Å². The van der Waals surface area contributed by atoms with Gasteiger partial charge in [0.2, 0.25) is 0 Å². The first-order valence-electron chi connectivity index (χ1n) is 5.84. The van der Waals surface area contributed by atoms with Gasteiger partial charge in [-0.25, -0.2) is 4.68 Å². The van der Waals surface area contributed by atoms with Gasteiger partial charge in [0.05, 0.1) is 21.0 Å². The second kappa shape index (κ2) is 6.02. The molecule has 3 rings (SSSR count). The zero-order valence-corrected chi connectivity index (χ0v) is 14.9. The summed E-state index contributed by atoms with van der Waals surface area (Å²) in [4.78, 5) is 1.08. The minimum absolute atomic E-state index is 0.194. The van der Waals surface area contributed by atoms with Gasteiger partial charge >= 0.3 is 0 Å². The van der Waals surface area contributed by atoms with Crippen molar-refractivity contribution in [2.24, 2.45) is 0 Å². The summed E-state index contributed by atoms with van der Waals surface area (Å²) in [5.41, 5.74) is 2.01. The Morgan fingerprint density at radius 3 is 2.60 bits per heavy atom. The Hall–Kier alpha value is -0.620. The molecule has 6 heteroatoms. The van der Waals surface area contributed by atoms with Crippen LogP contribution in [0.25, 0.3) is 5.69 Å². The van der Waals surface area contributed by atoms with Crippen molar-refractivity contribution in [2.75, 3.05) is 0 Å². The Morgan fingerprint density at radius 1 is 1.20 bits per heavy atom. The fourth-order valence-electron chi connectivity index (χ4n) is 1.84. The first-order chi connectivity index (χ1) is 9.65. The van der Waals surface area contributed by atoms with Crippen molar-refractivity contribution in [2.45, 2.75) is 5.38 Å². The lowest BCUT2D eigenvalue weighted by atomic mass is 10.2. The monoisotopic (exact) mass is 430 g/mol. The molecule has 20 heavy (non-hydrogen) atoms. The maximum atomic E-state index is 6.53. The molecule has 0 saturated heterocycles. The topological polar surface area (TPSA) is 17.8 Å². The summed E-state index contributed by atoms with van der Waals surface area (Å²) in [7, 11) is 0. The van der Waals surface area contributed by atoms with E-state index < -0.39 is 0 Å². The Labute approximate surface area is 142 Å². The van der Waals surface area contributed by atoms with E-state index in [1.165, 1.54) is 0 Å². The number of benzene rings is 1. The molecule has 1 unspecified atom stereocenters. The number of thiophene rings is 1.